The number of aromatic hydroxyl groups is 1. The van der Waals surface area contributed by atoms with Gasteiger partial charge in [-0.25, -0.2) is 4.79 Å². The summed E-state index contributed by atoms with van der Waals surface area (Å²) < 4.78 is 0. The first-order chi connectivity index (χ1) is 11.5. The van der Waals surface area contributed by atoms with Crippen LogP contribution < -0.4 is 0 Å². The summed E-state index contributed by atoms with van der Waals surface area (Å²) in [5.74, 6) is -0.759. The van der Waals surface area contributed by atoms with Crippen LogP contribution in [0.1, 0.15) is 61.7 Å². The number of carboxylic acids is 1. The van der Waals surface area contributed by atoms with Crippen LogP contribution in [0.25, 0.3) is 11.1 Å². The van der Waals surface area contributed by atoms with Crippen molar-refractivity contribution in [1.29, 1.82) is 0 Å². The molecule has 0 saturated heterocycles. The van der Waals surface area contributed by atoms with E-state index in [1.807, 2.05) is 0 Å². The Balaban J connectivity index is 2.19. The average molecular weight is 338 g/mol. The highest BCUT2D eigenvalue weighted by atomic mass is 16.4. The molecule has 2 N–H and O–H groups in total. The lowest BCUT2D eigenvalue weighted by atomic mass is 9.71. The molecule has 3 rings (SSSR count). The van der Waals surface area contributed by atoms with Crippen molar-refractivity contribution in [2.75, 3.05) is 0 Å². The molecule has 0 radical (unpaired) electrons. The Hall–Kier alpha value is -2.29. The summed E-state index contributed by atoms with van der Waals surface area (Å²) in [7, 11) is 0. The van der Waals surface area contributed by atoms with Crippen molar-refractivity contribution < 1.29 is 15.0 Å². The van der Waals surface area contributed by atoms with Crippen LogP contribution >= 0.6 is 0 Å². The molecular formula is C22H26O3. The smallest absolute Gasteiger partial charge is 0.339 e. The molecule has 0 saturated carbocycles. The second-order valence-electron chi connectivity index (χ2n) is 8.36. The molecule has 25 heavy (non-hydrogen) atoms. The van der Waals surface area contributed by atoms with E-state index in [0.29, 0.717) is 11.5 Å². The largest absolute Gasteiger partial charge is 0.507 e. The lowest BCUT2D eigenvalue weighted by molar-refractivity contribution is 0.0693. The fourth-order valence-corrected chi connectivity index (χ4v) is 4.36. The molecule has 3 heteroatoms. The van der Waals surface area contributed by atoms with Gasteiger partial charge < -0.3 is 10.2 Å². The first kappa shape index (κ1) is 17.5. The fourth-order valence-electron chi connectivity index (χ4n) is 4.36. The van der Waals surface area contributed by atoms with Crippen molar-refractivity contribution in [1.82, 2.24) is 0 Å². The molecular weight excluding hydrogens is 312 g/mol. The van der Waals surface area contributed by atoms with Gasteiger partial charge in [-0.1, -0.05) is 58.9 Å². The van der Waals surface area contributed by atoms with Gasteiger partial charge in [-0.2, -0.15) is 0 Å². The molecule has 0 spiro atoms. The highest BCUT2D eigenvalue weighted by Gasteiger charge is 2.48. The van der Waals surface area contributed by atoms with Gasteiger partial charge in [0.1, 0.15) is 11.3 Å². The highest BCUT2D eigenvalue weighted by molar-refractivity contribution is 5.93. The second kappa shape index (κ2) is 5.35. The minimum atomic E-state index is -1.11. The molecule has 2 aromatic rings. The SMILES string of the molecule is Cc1c(-c2ccc3c(c2)C(C)(C)C(C)C3(C)C)ccc(C(=O)O)c1O. The summed E-state index contributed by atoms with van der Waals surface area (Å²) in [6.07, 6.45) is 0. The van der Waals surface area contributed by atoms with Crippen LogP contribution in [0, 0.1) is 12.8 Å². The minimum Gasteiger partial charge on any atom is -0.507 e. The Bertz CT molecular complexity index is 875. The van der Waals surface area contributed by atoms with Crippen LogP contribution in [0.15, 0.2) is 30.3 Å². The van der Waals surface area contributed by atoms with Crippen LogP contribution in [-0.4, -0.2) is 16.2 Å². The van der Waals surface area contributed by atoms with Gasteiger partial charge >= 0.3 is 5.97 Å². The van der Waals surface area contributed by atoms with E-state index in [2.05, 4.69) is 52.8 Å². The van der Waals surface area contributed by atoms with Crippen molar-refractivity contribution >= 4 is 5.97 Å². The number of rotatable bonds is 2. The molecule has 0 aromatic heterocycles. The van der Waals surface area contributed by atoms with Crippen LogP contribution in [0.2, 0.25) is 0 Å². The molecule has 3 nitrogen and oxygen atoms in total. The molecule has 0 amide bonds. The second-order valence-corrected chi connectivity index (χ2v) is 8.36. The van der Waals surface area contributed by atoms with Crippen molar-refractivity contribution in [3.8, 4) is 16.9 Å². The van der Waals surface area contributed by atoms with Gasteiger partial charge in [0.2, 0.25) is 0 Å². The van der Waals surface area contributed by atoms with E-state index < -0.39 is 5.97 Å². The maximum absolute atomic E-state index is 11.2. The summed E-state index contributed by atoms with van der Waals surface area (Å²) in [6.45, 7) is 13.2. The lowest BCUT2D eigenvalue weighted by Gasteiger charge is -2.32. The Morgan fingerprint density at radius 2 is 1.60 bits per heavy atom. The minimum absolute atomic E-state index is 0.0579. The van der Waals surface area contributed by atoms with Crippen LogP contribution in [-0.2, 0) is 10.8 Å². The lowest BCUT2D eigenvalue weighted by Crippen LogP contribution is -2.30. The van der Waals surface area contributed by atoms with E-state index >= 15 is 0 Å². The number of hydrogen-bond donors (Lipinski definition) is 2. The topological polar surface area (TPSA) is 57.5 Å². The molecule has 0 bridgehead atoms. The number of hydrogen-bond acceptors (Lipinski definition) is 2. The number of benzene rings is 2. The summed E-state index contributed by atoms with van der Waals surface area (Å²) in [6, 6.07) is 9.75. The van der Waals surface area contributed by atoms with E-state index in [4.69, 9.17) is 0 Å². The monoisotopic (exact) mass is 338 g/mol. The molecule has 0 aliphatic heterocycles. The van der Waals surface area contributed by atoms with Gasteiger partial charge in [-0.05, 0) is 57.6 Å². The number of carbonyl (C=O) groups is 1. The van der Waals surface area contributed by atoms with Crippen LogP contribution in [0.4, 0.5) is 0 Å². The summed E-state index contributed by atoms with van der Waals surface area (Å²) >= 11 is 0. The maximum Gasteiger partial charge on any atom is 0.339 e. The third-order valence-corrected chi connectivity index (χ3v) is 6.55. The third kappa shape index (κ3) is 2.37. The van der Waals surface area contributed by atoms with Gasteiger partial charge in [0.15, 0.2) is 0 Å². The molecule has 1 aliphatic rings. The first-order valence-electron chi connectivity index (χ1n) is 8.70. The van der Waals surface area contributed by atoms with Gasteiger partial charge in [-0.15, -0.1) is 0 Å². The molecule has 2 aromatic carbocycles. The zero-order chi connectivity index (χ0) is 18.7. The van der Waals surface area contributed by atoms with E-state index in [1.165, 1.54) is 17.2 Å². The zero-order valence-corrected chi connectivity index (χ0v) is 15.8. The highest BCUT2D eigenvalue weighted by Crippen LogP contribution is 2.54. The number of carboxylic acid groups (broad SMARTS) is 1. The van der Waals surface area contributed by atoms with Gasteiger partial charge in [-0.3, -0.25) is 0 Å². The van der Waals surface area contributed by atoms with E-state index in [9.17, 15) is 15.0 Å². The summed E-state index contributed by atoms with van der Waals surface area (Å²) in [5.41, 5.74) is 5.31. The molecule has 0 fully saturated rings. The predicted octanol–water partition coefficient (Wildman–Crippen LogP) is 5.27. The van der Waals surface area contributed by atoms with Crippen LogP contribution in [0.3, 0.4) is 0 Å². The molecule has 132 valence electrons. The third-order valence-electron chi connectivity index (χ3n) is 6.55. The molecule has 1 unspecified atom stereocenters. The Morgan fingerprint density at radius 1 is 1.00 bits per heavy atom. The zero-order valence-electron chi connectivity index (χ0n) is 15.8. The first-order valence-corrected chi connectivity index (χ1v) is 8.70. The fraction of sp³-hybridized carbons (Fsp3) is 0.409. The normalized spacial score (nSPS) is 20.3. The molecule has 0 heterocycles. The van der Waals surface area contributed by atoms with E-state index in [1.54, 1.807) is 13.0 Å². The van der Waals surface area contributed by atoms with Crippen molar-refractivity contribution in [2.45, 2.75) is 52.4 Å². The summed E-state index contributed by atoms with van der Waals surface area (Å²) in [5, 5.41) is 19.4. The van der Waals surface area contributed by atoms with Crippen LogP contribution in [0.5, 0.6) is 5.75 Å². The Labute approximate surface area is 149 Å². The Morgan fingerprint density at radius 3 is 2.20 bits per heavy atom. The van der Waals surface area contributed by atoms with Crippen molar-refractivity contribution in [3.63, 3.8) is 0 Å². The number of fused-ring (bicyclic) bond motifs is 1. The van der Waals surface area contributed by atoms with E-state index in [-0.39, 0.29) is 22.1 Å². The Kier molecular flexibility index (Phi) is 3.75. The van der Waals surface area contributed by atoms with E-state index in [0.717, 1.165) is 11.1 Å². The maximum atomic E-state index is 11.2. The molecule has 1 aliphatic carbocycles. The summed E-state index contributed by atoms with van der Waals surface area (Å²) in [4.78, 5) is 11.2. The predicted molar refractivity (Wildman–Crippen MR) is 100 cm³/mol. The van der Waals surface area contributed by atoms with Gasteiger partial charge in [0, 0.05) is 0 Å². The van der Waals surface area contributed by atoms with Crippen molar-refractivity contribution in [3.05, 3.63) is 52.6 Å². The average Bonchev–Trinajstić information content (AvgIpc) is 2.67. The number of aromatic carboxylic acids is 1. The standard InChI is InChI=1S/C22H26O3/c1-12-15(8-9-16(19(12)23)20(24)25)14-7-10-17-18(11-14)22(5,6)13(2)21(17,3)4/h7-11,13,23H,1-6H3,(H,24,25). The number of phenols is 1. The quantitative estimate of drug-likeness (QED) is 0.784. The molecule has 1 atom stereocenters. The van der Waals surface area contributed by atoms with Crippen molar-refractivity contribution in [2.24, 2.45) is 5.92 Å². The van der Waals surface area contributed by atoms with Gasteiger partial charge in [0.05, 0.1) is 0 Å². The van der Waals surface area contributed by atoms with Gasteiger partial charge in [0.25, 0.3) is 0 Å².